The summed E-state index contributed by atoms with van der Waals surface area (Å²) in [6.45, 7) is 0.0569. The van der Waals surface area contributed by atoms with Crippen LogP contribution in [0.15, 0.2) is 11.4 Å². The van der Waals surface area contributed by atoms with Gasteiger partial charge in [0.2, 0.25) is 0 Å². The van der Waals surface area contributed by atoms with Crippen LogP contribution in [0.1, 0.15) is 42.5 Å². The lowest BCUT2D eigenvalue weighted by atomic mass is 9.95. The van der Waals surface area contributed by atoms with Crippen molar-refractivity contribution in [3.05, 3.63) is 11.8 Å². The molecule has 1 N–H and O–H groups in total. The van der Waals surface area contributed by atoms with Crippen LogP contribution in [0.3, 0.4) is 0 Å². The summed E-state index contributed by atoms with van der Waals surface area (Å²) in [5, 5.41) is 4.10. The van der Waals surface area contributed by atoms with E-state index in [0.717, 1.165) is 12.8 Å². The number of carbonyl (C=O) groups excluding carboxylic acids is 1. The molecule has 1 heterocycles. The van der Waals surface area contributed by atoms with Crippen molar-refractivity contribution in [3.8, 4) is 0 Å². The number of nitrogens with one attached hydrogen (secondary N) is 1. The normalized spacial score (nSPS) is 16.1. The first-order valence-electron chi connectivity index (χ1n) is 6.94. The van der Waals surface area contributed by atoms with Gasteiger partial charge in [-0.15, -0.1) is 0 Å². The summed E-state index contributed by atoms with van der Waals surface area (Å²) in [5.74, 6) is 0.566. The van der Waals surface area contributed by atoms with E-state index in [4.69, 9.17) is 4.74 Å². The van der Waals surface area contributed by atoms with E-state index >= 15 is 0 Å². The molecule has 0 atom stereocenters. The zero-order chi connectivity index (χ0) is 14.4. The molecule has 1 aliphatic carbocycles. The molecule has 0 spiro atoms. The number of thioether (sulfide) groups is 1. The molecule has 1 aromatic rings. The molecule has 0 unspecified atom stereocenters. The van der Waals surface area contributed by atoms with Gasteiger partial charge < -0.3 is 10.1 Å². The van der Waals surface area contributed by atoms with Crippen molar-refractivity contribution < 1.29 is 9.53 Å². The van der Waals surface area contributed by atoms with E-state index in [1.165, 1.54) is 38.1 Å². The highest BCUT2D eigenvalue weighted by Gasteiger charge is 2.19. The molecular formula is C14H21N3O2S. The van der Waals surface area contributed by atoms with Crippen molar-refractivity contribution in [2.24, 2.45) is 0 Å². The Morgan fingerprint density at radius 2 is 2.20 bits per heavy atom. The maximum absolute atomic E-state index is 12.1. The molecular weight excluding hydrogens is 274 g/mol. The van der Waals surface area contributed by atoms with Crippen LogP contribution < -0.4 is 5.32 Å². The third-order valence-corrected chi connectivity index (χ3v) is 4.03. The van der Waals surface area contributed by atoms with Crippen molar-refractivity contribution in [1.82, 2.24) is 9.97 Å². The average Bonchev–Trinajstić information content (AvgIpc) is 2.48. The Morgan fingerprint density at radius 1 is 1.45 bits per heavy atom. The minimum atomic E-state index is -0.0848. The second-order valence-corrected chi connectivity index (χ2v) is 5.73. The number of ether oxygens (including phenoxy) is 1. The van der Waals surface area contributed by atoms with Crippen LogP contribution in [-0.4, -0.2) is 41.8 Å². The molecule has 0 radical (unpaired) electrons. The van der Waals surface area contributed by atoms with Crippen LogP contribution in [0, 0.1) is 0 Å². The van der Waals surface area contributed by atoms with Gasteiger partial charge in [0.05, 0.1) is 5.56 Å². The molecule has 0 aliphatic heterocycles. The van der Waals surface area contributed by atoms with Crippen LogP contribution in [-0.2, 0) is 4.74 Å². The number of hydrogen-bond donors (Lipinski definition) is 1. The van der Waals surface area contributed by atoms with Crippen LogP contribution >= 0.6 is 11.8 Å². The van der Waals surface area contributed by atoms with Crippen LogP contribution in [0.4, 0.5) is 5.82 Å². The fourth-order valence-electron chi connectivity index (χ4n) is 2.43. The number of hydrogen-bond acceptors (Lipinski definition) is 6. The molecule has 0 saturated heterocycles. The van der Waals surface area contributed by atoms with Gasteiger partial charge in [0.1, 0.15) is 12.4 Å². The molecule has 1 aliphatic rings. The van der Waals surface area contributed by atoms with Crippen LogP contribution in [0.25, 0.3) is 0 Å². The Balaban J connectivity index is 2.19. The summed E-state index contributed by atoms with van der Waals surface area (Å²) in [7, 11) is 1.52. The van der Waals surface area contributed by atoms with Gasteiger partial charge in [-0.25, -0.2) is 9.97 Å². The average molecular weight is 295 g/mol. The zero-order valence-corrected chi connectivity index (χ0v) is 12.8. The molecule has 1 aromatic heterocycles. The maximum atomic E-state index is 12.1. The Bertz CT molecular complexity index is 462. The van der Waals surface area contributed by atoms with Crippen LogP contribution in [0.5, 0.6) is 0 Å². The van der Waals surface area contributed by atoms with Gasteiger partial charge in [-0.05, 0) is 19.1 Å². The van der Waals surface area contributed by atoms with Crippen LogP contribution in [0.2, 0.25) is 0 Å². The third kappa shape index (κ3) is 3.93. The minimum Gasteiger partial charge on any atom is -0.377 e. The largest absolute Gasteiger partial charge is 0.377 e. The summed E-state index contributed by atoms with van der Waals surface area (Å²) in [4.78, 5) is 20.7. The number of methoxy groups -OCH3 is 1. The highest BCUT2D eigenvalue weighted by atomic mass is 32.2. The molecule has 20 heavy (non-hydrogen) atoms. The molecule has 1 saturated carbocycles. The fraction of sp³-hybridized carbons (Fsp3) is 0.643. The summed E-state index contributed by atoms with van der Waals surface area (Å²) in [6, 6.07) is 0.405. The maximum Gasteiger partial charge on any atom is 0.193 e. The van der Waals surface area contributed by atoms with Gasteiger partial charge in [-0.3, -0.25) is 4.79 Å². The highest BCUT2D eigenvalue weighted by Crippen LogP contribution is 2.24. The number of ketones is 1. The number of nitrogens with zero attached hydrogens (tertiary/aromatic N) is 2. The van der Waals surface area contributed by atoms with Crippen molar-refractivity contribution in [1.29, 1.82) is 0 Å². The van der Waals surface area contributed by atoms with Gasteiger partial charge in [-0.2, -0.15) is 0 Å². The smallest absolute Gasteiger partial charge is 0.193 e. The van der Waals surface area contributed by atoms with E-state index in [1.807, 2.05) is 6.26 Å². The predicted molar refractivity (Wildman–Crippen MR) is 80.5 cm³/mol. The molecule has 0 aromatic carbocycles. The van der Waals surface area contributed by atoms with Crippen molar-refractivity contribution in [3.63, 3.8) is 0 Å². The number of Topliss-reactive ketones (excluding diaryl/α,β-unsaturated/α-hetero) is 1. The number of aromatic nitrogens is 2. The van der Waals surface area contributed by atoms with Crippen molar-refractivity contribution >= 4 is 23.4 Å². The monoisotopic (exact) mass is 295 g/mol. The second-order valence-electron chi connectivity index (χ2n) is 4.95. The molecule has 2 rings (SSSR count). The number of rotatable bonds is 6. The topological polar surface area (TPSA) is 64.1 Å². The van der Waals surface area contributed by atoms with Gasteiger partial charge in [0, 0.05) is 19.3 Å². The Morgan fingerprint density at radius 3 is 2.85 bits per heavy atom. The Kier molecular flexibility index (Phi) is 5.79. The lowest BCUT2D eigenvalue weighted by Gasteiger charge is -2.24. The first-order valence-corrected chi connectivity index (χ1v) is 8.16. The number of anilines is 1. The first-order chi connectivity index (χ1) is 9.74. The molecule has 0 bridgehead atoms. The standard InChI is InChI=1S/C14H21N3O2S/c1-19-9-12(18)11-8-15-14(20-2)17-13(11)16-10-6-4-3-5-7-10/h8,10H,3-7,9H2,1-2H3,(H,15,16,17). The SMILES string of the molecule is COCC(=O)c1cnc(SC)nc1NC1CCCCC1. The molecule has 0 amide bonds. The zero-order valence-electron chi connectivity index (χ0n) is 12.0. The van der Waals surface area contributed by atoms with E-state index in [2.05, 4.69) is 15.3 Å². The molecule has 1 fully saturated rings. The fourth-order valence-corrected chi connectivity index (χ4v) is 2.77. The van der Waals surface area contributed by atoms with E-state index in [1.54, 1.807) is 6.20 Å². The van der Waals surface area contributed by atoms with E-state index in [9.17, 15) is 4.79 Å². The number of carbonyl (C=O) groups is 1. The molecule has 110 valence electrons. The van der Waals surface area contributed by atoms with Gasteiger partial charge in [0.25, 0.3) is 0 Å². The Labute approximate surface area is 123 Å². The van der Waals surface area contributed by atoms with E-state index in [-0.39, 0.29) is 12.4 Å². The summed E-state index contributed by atoms with van der Waals surface area (Å²) >= 11 is 1.47. The van der Waals surface area contributed by atoms with E-state index < -0.39 is 0 Å². The summed E-state index contributed by atoms with van der Waals surface area (Å²) in [6.07, 6.45) is 9.57. The first kappa shape index (κ1) is 15.3. The third-order valence-electron chi connectivity index (χ3n) is 3.47. The second kappa shape index (κ2) is 7.59. The minimum absolute atomic E-state index is 0.0569. The lowest BCUT2D eigenvalue weighted by molar-refractivity contribution is 0.0848. The quantitative estimate of drug-likeness (QED) is 0.494. The molecule has 6 heteroatoms. The summed E-state index contributed by atoms with van der Waals surface area (Å²) in [5.41, 5.74) is 0.523. The Hall–Kier alpha value is -1.14. The predicted octanol–water partition coefficient (Wildman–Crippen LogP) is 2.77. The van der Waals surface area contributed by atoms with E-state index in [0.29, 0.717) is 22.6 Å². The van der Waals surface area contributed by atoms with Crippen molar-refractivity contribution in [2.45, 2.75) is 43.3 Å². The van der Waals surface area contributed by atoms with Gasteiger partial charge in [-0.1, -0.05) is 31.0 Å². The summed E-state index contributed by atoms with van der Waals surface area (Å²) < 4.78 is 4.92. The highest BCUT2D eigenvalue weighted by molar-refractivity contribution is 7.98. The molecule has 5 nitrogen and oxygen atoms in total. The van der Waals surface area contributed by atoms with Crippen molar-refractivity contribution in [2.75, 3.05) is 25.3 Å². The lowest BCUT2D eigenvalue weighted by Crippen LogP contribution is -2.25. The van der Waals surface area contributed by atoms with Gasteiger partial charge >= 0.3 is 0 Å². The van der Waals surface area contributed by atoms with Gasteiger partial charge in [0.15, 0.2) is 10.9 Å².